The Labute approximate surface area is 115 Å². The molecule has 0 amide bonds. The zero-order chi connectivity index (χ0) is 14.0. The van der Waals surface area contributed by atoms with Crippen molar-refractivity contribution in [3.63, 3.8) is 0 Å². The predicted molar refractivity (Wildman–Crippen MR) is 73.1 cm³/mol. The molecule has 0 aromatic heterocycles. The van der Waals surface area contributed by atoms with Gasteiger partial charge in [0.25, 0.3) is 10.0 Å². The van der Waals surface area contributed by atoms with Gasteiger partial charge in [0.15, 0.2) is 0 Å². The van der Waals surface area contributed by atoms with Crippen molar-refractivity contribution in [1.82, 2.24) is 0 Å². The molecular weight excluding hydrogens is 291 g/mol. The Kier molecular flexibility index (Phi) is 3.64. The molecule has 0 fully saturated rings. The van der Waals surface area contributed by atoms with Gasteiger partial charge in [0.1, 0.15) is 10.7 Å². The van der Waals surface area contributed by atoms with E-state index in [9.17, 15) is 12.8 Å². The van der Waals surface area contributed by atoms with Crippen LogP contribution in [0.25, 0.3) is 0 Å². The van der Waals surface area contributed by atoms with Crippen molar-refractivity contribution in [2.45, 2.75) is 4.90 Å². The highest BCUT2D eigenvalue weighted by molar-refractivity contribution is 7.92. The van der Waals surface area contributed by atoms with Crippen LogP contribution < -0.4 is 10.5 Å². The van der Waals surface area contributed by atoms with Gasteiger partial charge in [0, 0.05) is 0 Å². The fraction of sp³-hybridized carbons (Fsp3) is 0. The standard InChI is InChI=1S/C12H10ClFN2O2S/c13-9-6-5-8(14)7-11(9)16-19(17,18)12-4-2-1-3-10(12)15/h1-7,16H,15H2. The molecule has 2 aromatic carbocycles. The number of nitrogen functional groups attached to an aromatic ring is 1. The van der Waals surface area contributed by atoms with Crippen molar-refractivity contribution in [3.8, 4) is 0 Å². The zero-order valence-corrected chi connectivity index (χ0v) is 11.2. The number of halogens is 2. The Morgan fingerprint density at radius 2 is 1.84 bits per heavy atom. The number of anilines is 2. The van der Waals surface area contributed by atoms with Crippen molar-refractivity contribution in [3.05, 3.63) is 53.3 Å². The van der Waals surface area contributed by atoms with Gasteiger partial charge in [-0.3, -0.25) is 4.72 Å². The topological polar surface area (TPSA) is 72.2 Å². The first-order valence-electron chi connectivity index (χ1n) is 5.22. The van der Waals surface area contributed by atoms with E-state index in [1.54, 1.807) is 6.07 Å². The Bertz CT molecular complexity index is 719. The third kappa shape index (κ3) is 2.97. The average molecular weight is 301 g/mol. The van der Waals surface area contributed by atoms with Crippen LogP contribution in [0.5, 0.6) is 0 Å². The molecule has 7 heteroatoms. The molecule has 4 nitrogen and oxygen atoms in total. The van der Waals surface area contributed by atoms with E-state index < -0.39 is 15.8 Å². The maximum absolute atomic E-state index is 13.1. The second-order valence-corrected chi connectivity index (χ2v) is 5.83. The molecule has 0 saturated carbocycles. The lowest BCUT2D eigenvalue weighted by Crippen LogP contribution is -2.15. The van der Waals surface area contributed by atoms with Crippen LogP contribution >= 0.6 is 11.6 Å². The van der Waals surface area contributed by atoms with Crippen molar-refractivity contribution >= 4 is 33.0 Å². The maximum atomic E-state index is 13.1. The third-order valence-electron chi connectivity index (χ3n) is 2.38. The first-order valence-corrected chi connectivity index (χ1v) is 7.08. The molecule has 19 heavy (non-hydrogen) atoms. The highest BCUT2D eigenvalue weighted by Crippen LogP contribution is 2.27. The van der Waals surface area contributed by atoms with E-state index >= 15 is 0 Å². The van der Waals surface area contributed by atoms with E-state index in [2.05, 4.69) is 4.72 Å². The van der Waals surface area contributed by atoms with Gasteiger partial charge in [0.05, 0.1) is 16.4 Å². The van der Waals surface area contributed by atoms with Crippen LogP contribution in [0.3, 0.4) is 0 Å². The second kappa shape index (κ2) is 5.07. The Morgan fingerprint density at radius 1 is 1.16 bits per heavy atom. The van der Waals surface area contributed by atoms with Gasteiger partial charge in [-0.1, -0.05) is 23.7 Å². The van der Waals surface area contributed by atoms with Gasteiger partial charge in [-0.15, -0.1) is 0 Å². The minimum atomic E-state index is -3.91. The lowest BCUT2D eigenvalue weighted by atomic mass is 10.3. The summed E-state index contributed by atoms with van der Waals surface area (Å²) in [6, 6.07) is 9.37. The monoisotopic (exact) mass is 300 g/mol. The van der Waals surface area contributed by atoms with E-state index in [1.165, 1.54) is 24.3 Å². The van der Waals surface area contributed by atoms with E-state index in [1.807, 2.05) is 0 Å². The molecule has 0 saturated heterocycles. The quantitative estimate of drug-likeness (QED) is 0.856. The molecule has 0 aliphatic rings. The van der Waals surface area contributed by atoms with Crippen molar-refractivity contribution < 1.29 is 12.8 Å². The van der Waals surface area contributed by atoms with Gasteiger partial charge >= 0.3 is 0 Å². The van der Waals surface area contributed by atoms with Crippen LogP contribution in [0.15, 0.2) is 47.4 Å². The Hall–Kier alpha value is -1.79. The van der Waals surface area contributed by atoms with E-state index in [4.69, 9.17) is 17.3 Å². The largest absolute Gasteiger partial charge is 0.398 e. The molecule has 0 aliphatic heterocycles. The number of hydrogen-bond acceptors (Lipinski definition) is 3. The lowest BCUT2D eigenvalue weighted by Gasteiger charge is -2.11. The van der Waals surface area contributed by atoms with Crippen LogP contribution in [0.4, 0.5) is 15.8 Å². The summed E-state index contributed by atoms with van der Waals surface area (Å²) in [5, 5.41) is 0.0967. The number of benzene rings is 2. The van der Waals surface area contributed by atoms with E-state index in [-0.39, 0.29) is 21.3 Å². The number of nitrogens with two attached hydrogens (primary N) is 1. The van der Waals surface area contributed by atoms with Gasteiger partial charge in [-0.2, -0.15) is 0 Å². The molecule has 0 unspecified atom stereocenters. The van der Waals surface area contributed by atoms with E-state index in [0.717, 1.165) is 12.1 Å². The van der Waals surface area contributed by atoms with E-state index in [0.29, 0.717) is 0 Å². The summed E-state index contributed by atoms with van der Waals surface area (Å²) < 4.78 is 39.5. The highest BCUT2D eigenvalue weighted by atomic mass is 35.5. The summed E-state index contributed by atoms with van der Waals surface area (Å²) in [5.41, 5.74) is 5.66. The summed E-state index contributed by atoms with van der Waals surface area (Å²) in [7, 11) is -3.91. The first kappa shape index (κ1) is 13.6. The first-order chi connectivity index (χ1) is 8.90. The molecule has 0 aliphatic carbocycles. The molecule has 100 valence electrons. The fourth-order valence-electron chi connectivity index (χ4n) is 1.50. The Morgan fingerprint density at radius 3 is 2.53 bits per heavy atom. The molecule has 0 atom stereocenters. The van der Waals surface area contributed by atoms with Gasteiger partial charge in [-0.05, 0) is 30.3 Å². The normalized spacial score (nSPS) is 11.3. The van der Waals surface area contributed by atoms with Gasteiger partial charge in [-0.25, -0.2) is 12.8 Å². The lowest BCUT2D eigenvalue weighted by molar-refractivity contribution is 0.601. The van der Waals surface area contributed by atoms with Crippen LogP contribution in [-0.2, 0) is 10.0 Å². The summed E-state index contributed by atoms with van der Waals surface area (Å²) in [4.78, 5) is -0.0877. The smallest absolute Gasteiger partial charge is 0.263 e. The van der Waals surface area contributed by atoms with Crippen LogP contribution in [0.2, 0.25) is 5.02 Å². The molecule has 3 N–H and O–H groups in total. The molecule has 2 aromatic rings. The molecule has 0 radical (unpaired) electrons. The van der Waals surface area contributed by atoms with Crippen molar-refractivity contribution in [2.24, 2.45) is 0 Å². The number of rotatable bonds is 3. The minimum Gasteiger partial charge on any atom is -0.398 e. The maximum Gasteiger partial charge on any atom is 0.263 e. The number of hydrogen-bond donors (Lipinski definition) is 2. The van der Waals surface area contributed by atoms with Crippen LogP contribution in [-0.4, -0.2) is 8.42 Å². The SMILES string of the molecule is Nc1ccccc1S(=O)(=O)Nc1cc(F)ccc1Cl. The third-order valence-corrected chi connectivity index (χ3v) is 4.15. The molecule has 0 heterocycles. The number of para-hydroxylation sites is 1. The van der Waals surface area contributed by atoms with Gasteiger partial charge < -0.3 is 5.73 Å². The average Bonchev–Trinajstić information content (AvgIpc) is 2.34. The summed E-state index contributed by atoms with van der Waals surface area (Å²) in [5.74, 6) is -0.594. The number of sulfonamides is 1. The van der Waals surface area contributed by atoms with Crippen LogP contribution in [0.1, 0.15) is 0 Å². The summed E-state index contributed by atoms with van der Waals surface area (Å²) in [6.45, 7) is 0. The summed E-state index contributed by atoms with van der Waals surface area (Å²) in [6.07, 6.45) is 0. The predicted octanol–water partition coefficient (Wildman–Crippen LogP) is 2.86. The Balaban J connectivity index is 2.43. The number of nitrogens with one attached hydrogen (secondary N) is 1. The minimum absolute atomic E-state index is 0.0371. The molecular formula is C12H10ClFN2O2S. The zero-order valence-electron chi connectivity index (χ0n) is 9.60. The fourth-order valence-corrected chi connectivity index (χ4v) is 2.93. The van der Waals surface area contributed by atoms with Crippen molar-refractivity contribution in [2.75, 3.05) is 10.5 Å². The van der Waals surface area contributed by atoms with Crippen LogP contribution in [0, 0.1) is 5.82 Å². The molecule has 0 spiro atoms. The van der Waals surface area contributed by atoms with Gasteiger partial charge in [0.2, 0.25) is 0 Å². The summed E-state index contributed by atoms with van der Waals surface area (Å²) >= 11 is 5.80. The van der Waals surface area contributed by atoms with Crippen molar-refractivity contribution in [1.29, 1.82) is 0 Å². The highest BCUT2D eigenvalue weighted by Gasteiger charge is 2.18. The molecule has 2 rings (SSSR count). The second-order valence-electron chi connectivity index (χ2n) is 3.77. The molecule has 0 bridgehead atoms.